The number of anilines is 2. The monoisotopic (exact) mass is 450 g/mol. The molecule has 0 radical (unpaired) electrons. The summed E-state index contributed by atoms with van der Waals surface area (Å²) in [5.41, 5.74) is 9.06. The van der Waals surface area contributed by atoms with Crippen molar-refractivity contribution in [3.05, 3.63) is 106 Å². The van der Waals surface area contributed by atoms with Crippen LogP contribution >= 0.6 is 0 Å². The highest BCUT2D eigenvalue weighted by molar-refractivity contribution is 6.01. The fourth-order valence-corrected chi connectivity index (χ4v) is 5.18. The number of hydrogen-bond acceptors (Lipinski definition) is 3. The van der Waals surface area contributed by atoms with Crippen LogP contribution in [0.5, 0.6) is 0 Å². The van der Waals surface area contributed by atoms with Gasteiger partial charge in [-0.15, -0.1) is 0 Å². The summed E-state index contributed by atoms with van der Waals surface area (Å²) >= 11 is 0. The SMILES string of the molecule is CCc1ccc(C2CC(=O)C3=C(C2)Nc2ccccc2NC3c2ccc(C(C)(C)C)cc2)cc1. The zero-order valence-electron chi connectivity index (χ0n) is 20.6. The largest absolute Gasteiger partial charge is 0.372 e. The van der Waals surface area contributed by atoms with Gasteiger partial charge in [0.25, 0.3) is 0 Å². The average molecular weight is 451 g/mol. The number of ketones is 1. The summed E-state index contributed by atoms with van der Waals surface area (Å²) in [4.78, 5) is 13.7. The lowest BCUT2D eigenvalue weighted by molar-refractivity contribution is -0.116. The minimum absolute atomic E-state index is 0.0925. The predicted octanol–water partition coefficient (Wildman–Crippen LogP) is 7.53. The van der Waals surface area contributed by atoms with E-state index in [9.17, 15) is 4.79 Å². The van der Waals surface area contributed by atoms with Gasteiger partial charge in [0.2, 0.25) is 0 Å². The third kappa shape index (κ3) is 4.27. The number of carbonyl (C=O) groups is 1. The zero-order valence-corrected chi connectivity index (χ0v) is 20.6. The van der Waals surface area contributed by atoms with Crippen molar-refractivity contribution >= 4 is 17.2 Å². The lowest BCUT2D eigenvalue weighted by atomic mass is 9.78. The molecule has 3 nitrogen and oxygen atoms in total. The fourth-order valence-electron chi connectivity index (χ4n) is 5.18. The minimum Gasteiger partial charge on any atom is -0.372 e. The van der Waals surface area contributed by atoms with Gasteiger partial charge in [0.05, 0.1) is 17.4 Å². The molecule has 3 aromatic carbocycles. The first-order valence-electron chi connectivity index (χ1n) is 12.4. The van der Waals surface area contributed by atoms with E-state index in [0.717, 1.165) is 41.1 Å². The van der Waals surface area contributed by atoms with Crippen LogP contribution in [0.3, 0.4) is 0 Å². The Morgan fingerprint density at radius 3 is 2.12 bits per heavy atom. The van der Waals surface area contributed by atoms with Crippen molar-refractivity contribution in [3.8, 4) is 0 Å². The Labute approximate surface area is 203 Å². The van der Waals surface area contributed by atoms with E-state index in [0.29, 0.717) is 6.42 Å². The van der Waals surface area contributed by atoms with Crippen LogP contribution in [0.25, 0.3) is 0 Å². The van der Waals surface area contributed by atoms with E-state index in [-0.39, 0.29) is 23.2 Å². The summed E-state index contributed by atoms with van der Waals surface area (Å²) in [7, 11) is 0. The van der Waals surface area contributed by atoms with Gasteiger partial charge in [-0.2, -0.15) is 0 Å². The first-order chi connectivity index (χ1) is 16.3. The lowest BCUT2D eigenvalue weighted by Gasteiger charge is -2.30. The van der Waals surface area contributed by atoms with Crippen LogP contribution in [-0.2, 0) is 16.6 Å². The fraction of sp³-hybridized carbons (Fsp3) is 0.323. The summed E-state index contributed by atoms with van der Waals surface area (Å²) in [6.45, 7) is 8.85. The second-order valence-electron chi connectivity index (χ2n) is 10.6. The molecular formula is C31H34N2O. The zero-order chi connectivity index (χ0) is 23.9. The Balaban J connectivity index is 1.55. The standard InChI is InChI=1S/C31H34N2O/c1-5-20-10-12-21(13-11-20)23-18-27-29(28(34)19-23)30(33-26-9-7-6-8-25(26)32-27)22-14-16-24(17-15-22)31(2,3)4/h6-17,23,30,32-33H,5,18-19H2,1-4H3. The van der Waals surface area contributed by atoms with E-state index in [1.54, 1.807) is 0 Å². The number of allylic oxidation sites excluding steroid dienone is 1. The molecule has 0 spiro atoms. The van der Waals surface area contributed by atoms with Crippen LogP contribution in [0.15, 0.2) is 84.1 Å². The summed E-state index contributed by atoms with van der Waals surface area (Å²) in [5.74, 6) is 0.419. The van der Waals surface area contributed by atoms with Crippen molar-refractivity contribution in [2.75, 3.05) is 10.6 Å². The number of aryl methyl sites for hydroxylation is 1. The average Bonchev–Trinajstić information content (AvgIpc) is 3.00. The third-order valence-electron chi connectivity index (χ3n) is 7.28. The summed E-state index contributed by atoms with van der Waals surface area (Å²) in [6, 6.07) is 25.6. The molecule has 2 aliphatic rings. The van der Waals surface area contributed by atoms with Crippen molar-refractivity contribution in [2.24, 2.45) is 0 Å². The van der Waals surface area contributed by atoms with E-state index < -0.39 is 0 Å². The molecule has 2 N–H and O–H groups in total. The Morgan fingerprint density at radius 2 is 1.47 bits per heavy atom. The van der Waals surface area contributed by atoms with Crippen molar-refractivity contribution in [3.63, 3.8) is 0 Å². The van der Waals surface area contributed by atoms with Crippen LogP contribution in [-0.4, -0.2) is 5.78 Å². The highest BCUT2D eigenvalue weighted by Crippen LogP contribution is 2.44. The van der Waals surface area contributed by atoms with Gasteiger partial charge in [-0.05, 0) is 58.6 Å². The second kappa shape index (κ2) is 8.79. The molecule has 0 bridgehead atoms. The first kappa shape index (κ1) is 22.5. The van der Waals surface area contributed by atoms with Gasteiger partial charge in [0, 0.05) is 17.7 Å². The number of benzene rings is 3. The van der Waals surface area contributed by atoms with E-state index in [4.69, 9.17) is 0 Å². The maximum absolute atomic E-state index is 13.7. The summed E-state index contributed by atoms with van der Waals surface area (Å²) < 4.78 is 0. The van der Waals surface area contributed by atoms with Gasteiger partial charge >= 0.3 is 0 Å². The molecule has 0 amide bonds. The van der Waals surface area contributed by atoms with E-state index in [1.807, 2.05) is 12.1 Å². The topological polar surface area (TPSA) is 41.1 Å². The molecule has 0 saturated carbocycles. The smallest absolute Gasteiger partial charge is 0.163 e. The second-order valence-corrected chi connectivity index (χ2v) is 10.6. The number of hydrogen-bond donors (Lipinski definition) is 2. The highest BCUT2D eigenvalue weighted by Gasteiger charge is 2.36. The van der Waals surface area contributed by atoms with Crippen molar-refractivity contribution in [1.29, 1.82) is 0 Å². The Hall–Kier alpha value is -3.33. The molecule has 3 heteroatoms. The molecule has 5 rings (SSSR count). The molecule has 0 aromatic heterocycles. The molecule has 2 unspecified atom stereocenters. The predicted molar refractivity (Wildman–Crippen MR) is 141 cm³/mol. The Morgan fingerprint density at radius 1 is 0.824 bits per heavy atom. The summed E-state index contributed by atoms with van der Waals surface area (Å²) in [5, 5.41) is 7.34. The molecular weight excluding hydrogens is 416 g/mol. The number of nitrogens with one attached hydrogen (secondary N) is 2. The van der Waals surface area contributed by atoms with Gasteiger partial charge < -0.3 is 10.6 Å². The maximum Gasteiger partial charge on any atom is 0.163 e. The third-order valence-corrected chi connectivity index (χ3v) is 7.28. The van der Waals surface area contributed by atoms with Gasteiger partial charge in [-0.25, -0.2) is 0 Å². The van der Waals surface area contributed by atoms with Crippen LogP contribution < -0.4 is 10.6 Å². The van der Waals surface area contributed by atoms with E-state index in [1.165, 1.54) is 16.7 Å². The number of para-hydroxylation sites is 2. The molecule has 2 atom stereocenters. The van der Waals surface area contributed by atoms with Gasteiger partial charge in [-0.3, -0.25) is 4.79 Å². The van der Waals surface area contributed by atoms with E-state index >= 15 is 0 Å². The number of carbonyl (C=O) groups excluding carboxylic acids is 1. The first-order valence-corrected chi connectivity index (χ1v) is 12.4. The molecule has 1 aliphatic heterocycles. The lowest BCUT2D eigenvalue weighted by Crippen LogP contribution is -2.27. The number of Topliss-reactive ketones (excluding diaryl/α,β-unsaturated/α-hetero) is 1. The van der Waals surface area contributed by atoms with Crippen molar-refractivity contribution in [1.82, 2.24) is 0 Å². The van der Waals surface area contributed by atoms with Gasteiger partial charge in [-0.1, -0.05) is 88.4 Å². The molecule has 174 valence electrons. The van der Waals surface area contributed by atoms with Gasteiger partial charge in [0.15, 0.2) is 5.78 Å². The van der Waals surface area contributed by atoms with Crippen molar-refractivity contribution < 1.29 is 4.79 Å². The molecule has 0 saturated heterocycles. The van der Waals surface area contributed by atoms with Crippen LogP contribution in [0.2, 0.25) is 0 Å². The van der Waals surface area contributed by atoms with Crippen LogP contribution in [0.1, 0.15) is 74.8 Å². The van der Waals surface area contributed by atoms with Gasteiger partial charge in [0.1, 0.15) is 0 Å². The Bertz CT molecular complexity index is 1230. The summed E-state index contributed by atoms with van der Waals surface area (Å²) in [6.07, 6.45) is 2.40. The quantitative estimate of drug-likeness (QED) is 0.433. The van der Waals surface area contributed by atoms with Crippen LogP contribution in [0.4, 0.5) is 11.4 Å². The number of rotatable bonds is 3. The number of fused-ring (bicyclic) bond motifs is 1. The molecule has 1 heterocycles. The van der Waals surface area contributed by atoms with E-state index in [2.05, 4.69) is 99.0 Å². The highest BCUT2D eigenvalue weighted by atomic mass is 16.1. The molecule has 34 heavy (non-hydrogen) atoms. The Kier molecular flexibility index (Phi) is 5.81. The normalized spacial score (nSPS) is 20.1. The van der Waals surface area contributed by atoms with Crippen molar-refractivity contribution in [2.45, 2.75) is 64.3 Å². The molecule has 0 fully saturated rings. The molecule has 3 aromatic rings. The van der Waals surface area contributed by atoms with Crippen LogP contribution in [0, 0.1) is 0 Å². The minimum atomic E-state index is -0.170. The molecule has 1 aliphatic carbocycles. The maximum atomic E-state index is 13.7.